The summed E-state index contributed by atoms with van der Waals surface area (Å²) in [4.78, 5) is 3.41. The molecule has 3 N–H and O–H groups in total. The number of rotatable bonds is 1. The molecule has 54 valence electrons. The Bertz CT molecular complexity index is 238. The van der Waals surface area contributed by atoms with E-state index in [4.69, 9.17) is 5.84 Å². The van der Waals surface area contributed by atoms with E-state index in [1.165, 1.54) is 0 Å². The lowest BCUT2D eigenvalue weighted by molar-refractivity contribution is 0.507. The number of nitrogens with two attached hydrogens (primary N) is 1. The first-order chi connectivity index (χ1) is 4.75. The van der Waals surface area contributed by atoms with E-state index in [0.29, 0.717) is 0 Å². The van der Waals surface area contributed by atoms with Crippen LogP contribution in [0.25, 0.3) is 0 Å². The van der Waals surface area contributed by atoms with Crippen LogP contribution in [0.1, 0.15) is 0 Å². The lowest BCUT2D eigenvalue weighted by Crippen LogP contribution is -2.11. The molecule has 10 heavy (non-hydrogen) atoms. The average molecular weight is 145 g/mol. The molecule has 1 aromatic heterocycles. The van der Waals surface area contributed by atoms with Crippen LogP contribution >= 0.6 is 0 Å². The van der Waals surface area contributed by atoms with E-state index in [9.17, 15) is 8.78 Å². The largest absolute Gasteiger partial charge is 0.306 e. The molecule has 0 saturated heterocycles. The van der Waals surface area contributed by atoms with Gasteiger partial charge in [-0.25, -0.2) is 15.2 Å². The second kappa shape index (κ2) is 2.57. The molecule has 0 aliphatic carbocycles. The minimum Gasteiger partial charge on any atom is -0.306 e. The molecule has 0 aliphatic heterocycles. The second-order valence-corrected chi connectivity index (χ2v) is 1.60. The van der Waals surface area contributed by atoms with Gasteiger partial charge in [-0.2, -0.15) is 4.39 Å². The Kier molecular flexibility index (Phi) is 1.77. The second-order valence-electron chi connectivity index (χ2n) is 1.60. The molecule has 0 amide bonds. The summed E-state index contributed by atoms with van der Waals surface area (Å²) >= 11 is 0. The van der Waals surface area contributed by atoms with E-state index in [-0.39, 0.29) is 5.82 Å². The summed E-state index contributed by atoms with van der Waals surface area (Å²) in [6.45, 7) is 0. The standard InChI is InChI=1S/C5H5F2N3/c6-3-1-2-9-5(10-8)4(3)7/h1-2H,8H2,(H,9,10). The van der Waals surface area contributed by atoms with Crippen LogP contribution in [0.4, 0.5) is 14.6 Å². The van der Waals surface area contributed by atoms with Crippen molar-refractivity contribution in [2.75, 3.05) is 5.43 Å². The third-order valence-electron chi connectivity index (χ3n) is 0.979. The number of pyridine rings is 1. The third kappa shape index (κ3) is 1.03. The number of hydrogen-bond acceptors (Lipinski definition) is 3. The topological polar surface area (TPSA) is 50.9 Å². The molecule has 5 heteroatoms. The Morgan fingerprint density at radius 3 is 2.70 bits per heavy atom. The SMILES string of the molecule is NNc1nccc(F)c1F. The quantitative estimate of drug-likeness (QED) is 0.450. The number of hydrazine groups is 1. The summed E-state index contributed by atoms with van der Waals surface area (Å²) in [5.74, 6) is 2.47. The van der Waals surface area contributed by atoms with E-state index in [1.807, 2.05) is 5.43 Å². The van der Waals surface area contributed by atoms with Crippen LogP contribution < -0.4 is 11.3 Å². The summed E-state index contributed by atoms with van der Waals surface area (Å²) in [5, 5.41) is 0. The molecular formula is C5H5F2N3. The van der Waals surface area contributed by atoms with E-state index in [2.05, 4.69) is 4.98 Å². The molecule has 0 fully saturated rings. The van der Waals surface area contributed by atoms with Crippen LogP contribution in [-0.2, 0) is 0 Å². The lowest BCUT2D eigenvalue weighted by Gasteiger charge is -1.98. The van der Waals surface area contributed by atoms with Gasteiger partial charge in [0.15, 0.2) is 11.6 Å². The molecular weight excluding hydrogens is 140 g/mol. The van der Waals surface area contributed by atoms with Crippen LogP contribution in [-0.4, -0.2) is 4.98 Å². The molecule has 0 aliphatic rings. The Morgan fingerprint density at radius 1 is 1.50 bits per heavy atom. The van der Waals surface area contributed by atoms with Gasteiger partial charge in [-0.1, -0.05) is 0 Å². The number of nitrogens with zero attached hydrogens (tertiary/aromatic N) is 1. The molecule has 1 heterocycles. The highest BCUT2D eigenvalue weighted by molar-refractivity contribution is 5.34. The molecule has 3 nitrogen and oxygen atoms in total. The summed E-state index contributed by atoms with van der Waals surface area (Å²) < 4.78 is 24.7. The van der Waals surface area contributed by atoms with Crippen LogP contribution in [0, 0.1) is 11.6 Å². The first-order valence-electron chi connectivity index (χ1n) is 2.52. The monoisotopic (exact) mass is 145 g/mol. The Labute approximate surface area is 55.8 Å². The van der Waals surface area contributed by atoms with Crippen LogP contribution in [0.5, 0.6) is 0 Å². The van der Waals surface area contributed by atoms with Crippen molar-refractivity contribution in [1.82, 2.24) is 4.98 Å². The fraction of sp³-hybridized carbons (Fsp3) is 0. The number of anilines is 1. The van der Waals surface area contributed by atoms with Gasteiger partial charge in [0.05, 0.1) is 0 Å². The number of nitrogen functional groups attached to an aromatic ring is 1. The van der Waals surface area contributed by atoms with Gasteiger partial charge in [0.25, 0.3) is 0 Å². The molecule has 0 spiro atoms. The molecule has 0 atom stereocenters. The minimum absolute atomic E-state index is 0.292. The minimum atomic E-state index is -1.06. The number of halogens is 2. The van der Waals surface area contributed by atoms with Crippen molar-refractivity contribution in [1.29, 1.82) is 0 Å². The summed E-state index contributed by atoms with van der Waals surface area (Å²) in [5.41, 5.74) is 1.91. The van der Waals surface area contributed by atoms with E-state index < -0.39 is 11.6 Å². The molecule has 0 aromatic carbocycles. The first-order valence-corrected chi connectivity index (χ1v) is 2.52. The number of hydrogen-bond donors (Lipinski definition) is 2. The number of aromatic nitrogens is 1. The molecule has 1 rings (SSSR count). The van der Waals surface area contributed by atoms with Gasteiger partial charge in [-0.15, -0.1) is 0 Å². The van der Waals surface area contributed by atoms with Gasteiger partial charge < -0.3 is 5.43 Å². The highest BCUT2D eigenvalue weighted by atomic mass is 19.2. The Hall–Kier alpha value is -1.23. The maximum Gasteiger partial charge on any atom is 0.202 e. The Balaban J connectivity index is 3.14. The Morgan fingerprint density at radius 2 is 2.20 bits per heavy atom. The van der Waals surface area contributed by atoms with Crippen molar-refractivity contribution in [3.05, 3.63) is 23.9 Å². The van der Waals surface area contributed by atoms with Gasteiger partial charge in [0.1, 0.15) is 0 Å². The molecule has 0 radical (unpaired) electrons. The van der Waals surface area contributed by atoms with E-state index >= 15 is 0 Å². The smallest absolute Gasteiger partial charge is 0.202 e. The fourth-order valence-electron chi connectivity index (χ4n) is 0.521. The predicted octanol–water partition coefficient (Wildman–Crippen LogP) is 0.645. The van der Waals surface area contributed by atoms with Crippen LogP contribution in [0.2, 0.25) is 0 Å². The van der Waals surface area contributed by atoms with Crippen molar-refractivity contribution in [2.24, 2.45) is 5.84 Å². The highest BCUT2D eigenvalue weighted by Crippen LogP contribution is 2.10. The lowest BCUT2D eigenvalue weighted by atomic mass is 10.4. The van der Waals surface area contributed by atoms with Crippen molar-refractivity contribution in [3.8, 4) is 0 Å². The summed E-state index contributed by atoms with van der Waals surface area (Å²) in [6, 6.07) is 0.913. The van der Waals surface area contributed by atoms with Gasteiger partial charge in [0, 0.05) is 6.20 Å². The van der Waals surface area contributed by atoms with Gasteiger partial charge in [-0.3, -0.25) is 0 Å². The van der Waals surface area contributed by atoms with E-state index in [0.717, 1.165) is 12.3 Å². The maximum atomic E-state index is 12.4. The summed E-state index contributed by atoms with van der Waals surface area (Å²) in [7, 11) is 0. The van der Waals surface area contributed by atoms with Crippen LogP contribution in [0.15, 0.2) is 12.3 Å². The zero-order valence-corrected chi connectivity index (χ0v) is 4.94. The normalized spacial score (nSPS) is 9.50. The predicted molar refractivity (Wildman–Crippen MR) is 32.0 cm³/mol. The third-order valence-corrected chi connectivity index (χ3v) is 0.979. The average Bonchev–Trinajstić information content (AvgIpc) is 1.95. The molecule has 0 unspecified atom stereocenters. The fourth-order valence-corrected chi connectivity index (χ4v) is 0.521. The van der Waals surface area contributed by atoms with Gasteiger partial charge >= 0.3 is 0 Å². The molecule has 1 aromatic rings. The van der Waals surface area contributed by atoms with Crippen molar-refractivity contribution >= 4 is 5.82 Å². The van der Waals surface area contributed by atoms with Crippen molar-refractivity contribution in [2.45, 2.75) is 0 Å². The molecule has 0 bridgehead atoms. The van der Waals surface area contributed by atoms with Gasteiger partial charge in [-0.05, 0) is 6.07 Å². The van der Waals surface area contributed by atoms with Crippen LogP contribution in [0.3, 0.4) is 0 Å². The summed E-state index contributed by atoms with van der Waals surface area (Å²) in [6.07, 6.45) is 1.12. The van der Waals surface area contributed by atoms with Gasteiger partial charge in [0.2, 0.25) is 5.82 Å². The van der Waals surface area contributed by atoms with E-state index in [1.54, 1.807) is 0 Å². The molecule has 0 saturated carbocycles. The maximum absolute atomic E-state index is 12.4. The van der Waals surface area contributed by atoms with Crippen molar-refractivity contribution < 1.29 is 8.78 Å². The zero-order chi connectivity index (χ0) is 7.56. The number of nitrogens with one attached hydrogen (secondary N) is 1. The first kappa shape index (κ1) is 6.88. The highest BCUT2D eigenvalue weighted by Gasteiger charge is 2.05. The van der Waals surface area contributed by atoms with Crippen molar-refractivity contribution in [3.63, 3.8) is 0 Å². The zero-order valence-electron chi connectivity index (χ0n) is 4.94.